The van der Waals surface area contributed by atoms with Crippen molar-refractivity contribution in [2.75, 3.05) is 40.9 Å². The molecule has 0 heterocycles. The summed E-state index contributed by atoms with van der Waals surface area (Å²) in [4.78, 5) is 37.6. The van der Waals surface area contributed by atoms with E-state index in [0.717, 1.165) is 116 Å². The maximum absolute atomic E-state index is 13.5. The second kappa shape index (κ2) is 55.0. The number of allylic oxidation sites excluding steroid dienone is 17. The fourth-order valence-corrected chi connectivity index (χ4v) is 8.97. The van der Waals surface area contributed by atoms with Gasteiger partial charge in [0.05, 0.1) is 33.8 Å². The van der Waals surface area contributed by atoms with Crippen LogP contribution in [0.4, 0.5) is 0 Å². The van der Waals surface area contributed by atoms with Gasteiger partial charge in [-0.25, -0.2) is 4.57 Å². The largest absolute Gasteiger partial charge is 0.472 e. The molecule has 10 heteroatoms. The van der Waals surface area contributed by atoms with Crippen LogP contribution in [0.15, 0.2) is 109 Å². The first kappa shape index (κ1) is 72.7. The Kier molecular flexibility index (Phi) is 52.6. The summed E-state index contributed by atoms with van der Waals surface area (Å²) in [6, 6.07) is -0.885. The van der Waals surface area contributed by atoms with Gasteiger partial charge in [0.25, 0.3) is 0 Å². The zero-order valence-corrected chi connectivity index (χ0v) is 50.6. The lowest BCUT2D eigenvalue weighted by molar-refractivity contribution is -0.870. The van der Waals surface area contributed by atoms with Crippen molar-refractivity contribution in [2.45, 2.75) is 258 Å². The van der Waals surface area contributed by atoms with E-state index in [4.69, 9.17) is 13.8 Å². The van der Waals surface area contributed by atoms with Gasteiger partial charge in [-0.3, -0.25) is 18.6 Å². The Bertz CT molecular complexity index is 1670. The summed E-state index contributed by atoms with van der Waals surface area (Å²) in [5, 5.41) is 3.03. The number of nitrogens with zero attached hydrogens (tertiary/aromatic N) is 1. The van der Waals surface area contributed by atoms with E-state index in [1.807, 2.05) is 39.4 Å². The van der Waals surface area contributed by atoms with Crippen LogP contribution in [0, 0.1) is 0 Å². The number of hydrogen-bond acceptors (Lipinski definition) is 6. The van der Waals surface area contributed by atoms with Gasteiger partial charge in [0.1, 0.15) is 19.3 Å². The Balaban J connectivity index is 5.27. The summed E-state index contributed by atoms with van der Waals surface area (Å²) >= 11 is 0. The Morgan fingerprint density at radius 2 is 0.855 bits per heavy atom. The third kappa shape index (κ3) is 55.4. The molecule has 0 aliphatic rings. The number of unbranched alkanes of at least 4 members (excludes halogenated alkanes) is 22. The number of phosphoric ester groups is 1. The minimum Gasteiger partial charge on any atom is -0.456 e. The molecule has 76 heavy (non-hydrogen) atoms. The molecule has 0 saturated carbocycles. The maximum atomic E-state index is 13.5. The van der Waals surface area contributed by atoms with Crippen LogP contribution in [0.1, 0.15) is 245 Å². The van der Waals surface area contributed by atoms with Crippen molar-refractivity contribution in [2.24, 2.45) is 0 Å². The number of rotatable bonds is 54. The molecule has 2 N–H and O–H groups in total. The highest BCUT2D eigenvalue weighted by Gasteiger charge is 2.30. The van der Waals surface area contributed by atoms with Crippen LogP contribution in [0.2, 0.25) is 0 Å². The van der Waals surface area contributed by atoms with Gasteiger partial charge in [-0.2, -0.15) is 0 Å². The Labute approximate surface area is 468 Å². The highest BCUT2D eigenvalue weighted by molar-refractivity contribution is 7.47. The van der Waals surface area contributed by atoms with Crippen molar-refractivity contribution in [3.8, 4) is 0 Å². The number of esters is 1. The molecule has 0 spiro atoms. The van der Waals surface area contributed by atoms with E-state index >= 15 is 0 Å². The van der Waals surface area contributed by atoms with Gasteiger partial charge < -0.3 is 19.4 Å². The highest BCUT2D eigenvalue weighted by Crippen LogP contribution is 2.43. The monoisotopic (exact) mass is 1080 g/mol. The first-order valence-corrected chi connectivity index (χ1v) is 32.2. The second-order valence-electron chi connectivity index (χ2n) is 21.5. The molecular formula is C66H116N2O7P+. The van der Waals surface area contributed by atoms with Crippen LogP contribution in [-0.4, -0.2) is 74.3 Å². The molecule has 0 aliphatic heterocycles. The number of ether oxygens (including phenoxy) is 1. The van der Waals surface area contributed by atoms with Crippen molar-refractivity contribution in [3.63, 3.8) is 0 Å². The van der Waals surface area contributed by atoms with Crippen molar-refractivity contribution >= 4 is 19.7 Å². The molecule has 0 fully saturated rings. The number of quaternary nitrogens is 1. The van der Waals surface area contributed by atoms with Crippen LogP contribution in [0.3, 0.4) is 0 Å². The van der Waals surface area contributed by atoms with Crippen molar-refractivity contribution in [1.82, 2.24) is 5.32 Å². The highest BCUT2D eigenvalue weighted by atomic mass is 31.2. The van der Waals surface area contributed by atoms with Crippen LogP contribution in [0.25, 0.3) is 0 Å². The van der Waals surface area contributed by atoms with Crippen molar-refractivity contribution in [3.05, 3.63) is 109 Å². The molecule has 0 aliphatic carbocycles. The Hall–Kier alpha value is -3.33. The molecule has 0 aromatic carbocycles. The zero-order valence-electron chi connectivity index (χ0n) is 49.7. The van der Waals surface area contributed by atoms with E-state index in [9.17, 15) is 19.0 Å². The minimum absolute atomic E-state index is 0.0242. The van der Waals surface area contributed by atoms with E-state index in [-0.39, 0.29) is 25.5 Å². The van der Waals surface area contributed by atoms with E-state index in [1.165, 1.54) is 89.9 Å². The number of likely N-dealkylation sites (N-methyl/N-ethyl adjacent to an activating group) is 1. The van der Waals surface area contributed by atoms with Gasteiger partial charge in [0.2, 0.25) is 5.91 Å². The minimum atomic E-state index is -4.47. The lowest BCUT2D eigenvalue weighted by atomic mass is 10.0. The van der Waals surface area contributed by atoms with E-state index in [0.29, 0.717) is 23.9 Å². The van der Waals surface area contributed by atoms with E-state index in [2.05, 4.69) is 117 Å². The molecule has 3 unspecified atom stereocenters. The van der Waals surface area contributed by atoms with Crippen molar-refractivity contribution in [1.29, 1.82) is 0 Å². The summed E-state index contributed by atoms with van der Waals surface area (Å²) in [5.41, 5.74) is 0. The standard InChI is InChI=1S/C66H115N2O7P/c1-7-10-13-16-19-22-25-28-29-30-31-32-33-34-35-36-37-38-39-41-43-46-49-52-55-58-65(69)67-63(62-74-76(71,72)73-61-60-68(4,5)6)64(57-54-51-48-45-42-27-24-21-18-15-12-9-3)75-66(70)59-56-53-50-47-44-40-26-23-20-17-14-11-8-2/h10,13,19,22,28-29,31-32,34-35,37-38,40,44,50,53-54,57,63-64H,7-9,11-12,14-18,20-21,23-27,30,33,36,39,41-43,45-49,51-52,55-56,58-62H2,1-6H3,(H-,67,69,71,72)/p+1/b13-10-,22-19-,29-28-,32-31-,35-34-,38-37-,44-40-,53-50+,57-54-. The second-order valence-corrected chi connectivity index (χ2v) is 22.9. The van der Waals surface area contributed by atoms with Crippen LogP contribution < -0.4 is 5.32 Å². The summed E-state index contributed by atoms with van der Waals surface area (Å²) in [6.07, 6.45) is 75.3. The molecule has 9 nitrogen and oxygen atoms in total. The number of nitrogens with one attached hydrogen (secondary N) is 1. The molecule has 0 bridgehead atoms. The molecule has 1 amide bonds. The van der Waals surface area contributed by atoms with E-state index < -0.39 is 25.9 Å². The average molecular weight is 1080 g/mol. The predicted octanol–water partition coefficient (Wildman–Crippen LogP) is 18.9. The first-order valence-electron chi connectivity index (χ1n) is 30.7. The lowest BCUT2D eigenvalue weighted by Gasteiger charge is -2.27. The molecule has 0 saturated heterocycles. The normalized spacial score (nSPS) is 14.5. The van der Waals surface area contributed by atoms with Gasteiger partial charge in [0.15, 0.2) is 0 Å². The maximum Gasteiger partial charge on any atom is 0.472 e. The number of phosphoric acid groups is 1. The SMILES string of the molecule is CC/C=C\C/C=C\C/C=C\C/C=C\C/C=C\C/C=C\CCCCCCCCC(=O)NC(COP(=O)(O)OCC[N+](C)(C)C)C(/C=C\CCCCCCCCCCCC)OC(=O)CC/C=C/C/C=C\CCCCCCCC. The van der Waals surface area contributed by atoms with Gasteiger partial charge >= 0.3 is 13.8 Å². The van der Waals surface area contributed by atoms with Gasteiger partial charge in [-0.15, -0.1) is 0 Å². The molecule has 0 aromatic heterocycles. The summed E-state index contributed by atoms with van der Waals surface area (Å²) in [6.45, 7) is 6.82. The fraction of sp³-hybridized carbons (Fsp3) is 0.697. The predicted molar refractivity (Wildman–Crippen MR) is 327 cm³/mol. The van der Waals surface area contributed by atoms with Gasteiger partial charge in [-0.1, -0.05) is 240 Å². The third-order valence-corrected chi connectivity index (χ3v) is 13.9. The molecule has 436 valence electrons. The summed E-state index contributed by atoms with van der Waals surface area (Å²) in [5.74, 6) is -0.607. The topological polar surface area (TPSA) is 111 Å². The lowest BCUT2D eigenvalue weighted by Crippen LogP contribution is -2.47. The molecule has 0 rings (SSSR count). The molecule has 3 atom stereocenters. The number of amides is 1. The van der Waals surface area contributed by atoms with Crippen molar-refractivity contribution < 1.29 is 37.3 Å². The Morgan fingerprint density at radius 1 is 0.474 bits per heavy atom. The molecule has 0 aromatic rings. The summed E-state index contributed by atoms with van der Waals surface area (Å²) in [7, 11) is 1.45. The number of hydrogen-bond donors (Lipinski definition) is 2. The first-order chi connectivity index (χ1) is 36.9. The molecular weight excluding hydrogens is 964 g/mol. The quantitative estimate of drug-likeness (QED) is 0.0205. The van der Waals surface area contributed by atoms with E-state index in [1.54, 1.807) is 0 Å². The van der Waals surface area contributed by atoms with Gasteiger partial charge in [0, 0.05) is 12.8 Å². The average Bonchev–Trinajstić information content (AvgIpc) is 3.38. The zero-order chi connectivity index (χ0) is 55.7. The third-order valence-electron chi connectivity index (χ3n) is 13.0. The fourth-order valence-electron chi connectivity index (χ4n) is 8.23. The van der Waals surface area contributed by atoms with Gasteiger partial charge in [-0.05, 0) is 102 Å². The van der Waals surface area contributed by atoms with Crippen LogP contribution in [-0.2, 0) is 27.9 Å². The molecule has 0 radical (unpaired) electrons. The van der Waals surface area contributed by atoms with Crippen LogP contribution in [0.5, 0.6) is 0 Å². The Morgan fingerprint density at radius 3 is 1.29 bits per heavy atom. The number of carbonyl (C=O) groups excluding carboxylic acids is 2. The smallest absolute Gasteiger partial charge is 0.456 e. The number of carbonyl (C=O) groups is 2. The van der Waals surface area contributed by atoms with Crippen LogP contribution >= 0.6 is 7.82 Å². The summed E-state index contributed by atoms with van der Waals surface area (Å²) < 4.78 is 30.6.